The van der Waals surface area contributed by atoms with Crippen LogP contribution in [0.4, 0.5) is 0 Å². The number of allylic oxidation sites excluding steroid dienone is 2. The van der Waals surface area contributed by atoms with Crippen LogP contribution >= 0.6 is 0 Å². The average Bonchev–Trinajstić information content (AvgIpc) is 2.55. The van der Waals surface area contributed by atoms with Crippen LogP contribution < -0.4 is 0 Å². The van der Waals surface area contributed by atoms with E-state index in [2.05, 4.69) is 40.7 Å². The second-order valence-electron chi connectivity index (χ2n) is 8.50. The molecule has 0 saturated carbocycles. The molecule has 0 aliphatic rings. The van der Waals surface area contributed by atoms with E-state index in [-0.39, 0.29) is 0 Å². The Bertz CT molecular complexity index is 274. The molecule has 0 aliphatic heterocycles. The average molecular weight is 337 g/mol. The summed E-state index contributed by atoms with van der Waals surface area (Å²) in [4.78, 5) is 0. The van der Waals surface area contributed by atoms with Gasteiger partial charge in [-0.05, 0) is 38.0 Å². The summed E-state index contributed by atoms with van der Waals surface area (Å²) >= 11 is 0. The highest BCUT2D eigenvalue weighted by atomic mass is 14.1. The normalized spacial score (nSPS) is 13.7. The van der Waals surface area contributed by atoms with E-state index in [1.54, 1.807) is 5.57 Å². The molecule has 0 aromatic rings. The minimum atomic E-state index is 0.879. The first kappa shape index (κ1) is 23.7. The summed E-state index contributed by atoms with van der Waals surface area (Å²) < 4.78 is 0. The van der Waals surface area contributed by atoms with Crippen LogP contribution in [0.25, 0.3) is 0 Å². The Morgan fingerprint density at radius 1 is 0.708 bits per heavy atom. The van der Waals surface area contributed by atoms with Crippen molar-refractivity contribution in [2.24, 2.45) is 11.8 Å². The van der Waals surface area contributed by atoms with Crippen molar-refractivity contribution in [2.75, 3.05) is 0 Å². The smallest absolute Gasteiger partial charge is 0.0295 e. The van der Waals surface area contributed by atoms with Crippen LogP contribution in [0, 0.1) is 11.8 Å². The molecule has 0 bridgehead atoms. The molecule has 144 valence electrons. The van der Waals surface area contributed by atoms with Crippen LogP contribution in [-0.4, -0.2) is 0 Å². The Morgan fingerprint density at radius 2 is 1.29 bits per heavy atom. The topological polar surface area (TPSA) is 0 Å². The quantitative estimate of drug-likeness (QED) is 0.183. The molecule has 0 heterocycles. The van der Waals surface area contributed by atoms with Gasteiger partial charge >= 0.3 is 0 Å². The second-order valence-corrected chi connectivity index (χ2v) is 8.50. The maximum Gasteiger partial charge on any atom is -0.0295 e. The summed E-state index contributed by atoms with van der Waals surface area (Å²) in [6, 6.07) is 0. The Morgan fingerprint density at radius 3 is 1.96 bits per heavy atom. The largest absolute Gasteiger partial charge is 0.0856 e. The van der Waals surface area contributed by atoms with Gasteiger partial charge < -0.3 is 0 Å². The van der Waals surface area contributed by atoms with Crippen LogP contribution in [0.2, 0.25) is 0 Å². The molecule has 0 nitrogen and oxygen atoms in total. The zero-order valence-corrected chi connectivity index (χ0v) is 17.8. The number of rotatable bonds is 17. The zero-order chi connectivity index (χ0) is 18.0. The van der Waals surface area contributed by atoms with Gasteiger partial charge in [0.1, 0.15) is 0 Å². The molecule has 0 radical (unpaired) electrons. The van der Waals surface area contributed by atoms with Gasteiger partial charge in [-0.2, -0.15) is 0 Å². The molecule has 1 atom stereocenters. The van der Waals surface area contributed by atoms with Crippen molar-refractivity contribution in [3.63, 3.8) is 0 Å². The molecule has 0 aromatic heterocycles. The number of hydrogen-bond acceptors (Lipinski definition) is 0. The van der Waals surface area contributed by atoms with Gasteiger partial charge in [-0.3, -0.25) is 0 Å². The van der Waals surface area contributed by atoms with Gasteiger partial charge in [0.15, 0.2) is 0 Å². The van der Waals surface area contributed by atoms with E-state index in [0.717, 1.165) is 11.8 Å². The van der Waals surface area contributed by atoms with Crippen molar-refractivity contribution in [3.05, 3.63) is 11.6 Å². The van der Waals surface area contributed by atoms with Crippen molar-refractivity contribution in [3.8, 4) is 0 Å². The van der Waals surface area contributed by atoms with Gasteiger partial charge in [-0.1, -0.05) is 116 Å². The fourth-order valence-corrected chi connectivity index (χ4v) is 3.64. The van der Waals surface area contributed by atoms with Crippen molar-refractivity contribution < 1.29 is 0 Å². The summed E-state index contributed by atoms with van der Waals surface area (Å²) in [5.41, 5.74) is 1.66. The molecule has 0 rings (SSSR count). The summed E-state index contributed by atoms with van der Waals surface area (Å²) in [6.07, 6.45) is 23.7. The lowest BCUT2D eigenvalue weighted by atomic mass is 9.89. The minimum absolute atomic E-state index is 0.879. The monoisotopic (exact) mass is 336 g/mol. The highest BCUT2D eigenvalue weighted by molar-refractivity contribution is 4.99. The fourth-order valence-electron chi connectivity index (χ4n) is 3.64. The molecule has 0 N–H and O–H groups in total. The van der Waals surface area contributed by atoms with E-state index in [4.69, 9.17) is 0 Å². The molecule has 0 saturated heterocycles. The number of unbranched alkanes of at least 4 members (excludes halogenated alkanes) is 8. The van der Waals surface area contributed by atoms with E-state index < -0.39 is 0 Å². The predicted octanol–water partition coefficient (Wildman–Crippen LogP) is 9.10. The van der Waals surface area contributed by atoms with E-state index in [1.807, 2.05) is 0 Å². The van der Waals surface area contributed by atoms with Crippen LogP contribution in [0.3, 0.4) is 0 Å². The standard InChI is InChI=1S/C24H48/c1-6-8-10-16-20-24(19-9-7-2)21-23(5)18-15-13-11-12-14-17-22(3)4/h18,22,24H,6-17,19-21H2,1-5H3. The fraction of sp³-hybridized carbons (Fsp3) is 0.917. The van der Waals surface area contributed by atoms with Crippen LogP contribution in [-0.2, 0) is 0 Å². The van der Waals surface area contributed by atoms with Gasteiger partial charge in [0.25, 0.3) is 0 Å². The molecule has 0 spiro atoms. The van der Waals surface area contributed by atoms with Crippen molar-refractivity contribution in [1.29, 1.82) is 0 Å². The Hall–Kier alpha value is -0.260. The minimum Gasteiger partial charge on any atom is -0.0856 e. The molecule has 0 aliphatic carbocycles. The van der Waals surface area contributed by atoms with Crippen LogP contribution in [0.5, 0.6) is 0 Å². The van der Waals surface area contributed by atoms with E-state index in [0.29, 0.717) is 0 Å². The van der Waals surface area contributed by atoms with Crippen molar-refractivity contribution in [1.82, 2.24) is 0 Å². The first-order valence-corrected chi connectivity index (χ1v) is 11.3. The molecular weight excluding hydrogens is 288 g/mol. The summed E-state index contributed by atoms with van der Waals surface area (Å²) in [7, 11) is 0. The molecule has 0 amide bonds. The van der Waals surface area contributed by atoms with E-state index in [9.17, 15) is 0 Å². The summed E-state index contributed by atoms with van der Waals surface area (Å²) in [5, 5.41) is 0. The Balaban J connectivity index is 3.89. The SMILES string of the molecule is CCCCCCC(CCCC)CC(C)=CCCCCCCC(C)C. The van der Waals surface area contributed by atoms with Gasteiger partial charge in [-0.25, -0.2) is 0 Å². The highest BCUT2D eigenvalue weighted by Crippen LogP contribution is 2.24. The molecule has 0 heteroatoms. The van der Waals surface area contributed by atoms with Gasteiger partial charge in [-0.15, -0.1) is 0 Å². The molecule has 24 heavy (non-hydrogen) atoms. The summed E-state index contributed by atoms with van der Waals surface area (Å²) in [5.74, 6) is 1.83. The van der Waals surface area contributed by atoms with Crippen molar-refractivity contribution in [2.45, 2.75) is 131 Å². The second kappa shape index (κ2) is 17.6. The number of hydrogen-bond donors (Lipinski definition) is 0. The maximum atomic E-state index is 2.55. The molecule has 0 aromatic carbocycles. The van der Waals surface area contributed by atoms with Crippen molar-refractivity contribution >= 4 is 0 Å². The zero-order valence-electron chi connectivity index (χ0n) is 17.8. The van der Waals surface area contributed by atoms with Gasteiger partial charge in [0.05, 0.1) is 0 Å². The Labute approximate surface area is 154 Å². The van der Waals surface area contributed by atoms with E-state index in [1.165, 1.54) is 96.3 Å². The van der Waals surface area contributed by atoms with Crippen LogP contribution in [0.1, 0.15) is 131 Å². The lowest BCUT2D eigenvalue weighted by Crippen LogP contribution is -2.02. The third-order valence-corrected chi connectivity index (χ3v) is 5.27. The first-order valence-electron chi connectivity index (χ1n) is 11.3. The molecule has 0 fully saturated rings. The third-order valence-electron chi connectivity index (χ3n) is 5.27. The lowest BCUT2D eigenvalue weighted by molar-refractivity contribution is 0.408. The lowest BCUT2D eigenvalue weighted by Gasteiger charge is -2.17. The molecular formula is C24H48. The third kappa shape index (κ3) is 16.6. The predicted molar refractivity (Wildman–Crippen MR) is 113 cm³/mol. The van der Waals surface area contributed by atoms with Gasteiger partial charge in [0, 0.05) is 0 Å². The van der Waals surface area contributed by atoms with E-state index >= 15 is 0 Å². The Kier molecular flexibility index (Phi) is 17.4. The van der Waals surface area contributed by atoms with Gasteiger partial charge in [0.2, 0.25) is 0 Å². The first-order chi connectivity index (χ1) is 11.6. The summed E-state index contributed by atoms with van der Waals surface area (Å²) in [6.45, 7) is 11.7. The van der Waals surface area contributed by atoms with Crippen LogP contribution in [0.15, 0.2) is 11.6 Å². The molecule has 1 unspecified atom stereocenters. The maximum absolute atomic E-state index is 2.55. The highest BCUT2D eigenvalue weighted by Gasteiger charge is 2.09.